The Labute approximate surface area is 114 Å². The first-order chi connectivity index (χ1) is 8.70. The summed E-state index contributed by atoms with van der Waals surface area (Å²) in [6.45, 7) is 4.46. The quantitative estimate of drug-likeness (QED) is 0.799. The van der Waals surface area contributed by atoms with Gasteiger partial charge in [0.05, 0.1) is 0 Å². The van der Waals surface area contributed by atoms with E-state index in [-0.39, 0.29) is 0 Å². The molecule has 3 nitrogen and oxygen atoms in total. The first-order valence-corrected chi connectivity index (χ1v) is 9.22. The van der Waals surface area contributed by atoms with E-state index in [2.05, 4.69) is 17.1 Å². The summed E-state index contributed by atoms with van der Waals surface area (Å²) in [5.74, 6) is 0.868. The molecule has 2 rings (SSSR count). The fraction of sp³-hybridized carbons (Fsp3) is 1.00. The first kappa shape index (κ1) is 14.5. The lowest BCUT2D eigenvalue weighted by atomic mass is 9.81. The van der Waals surface area contributed by atoms with E-state index < -0.39 is 10.8 Å². The van der Waals surface area contributed by atoms with Crippen LogP contribution in [0.4, 0.5) is 0 Å². The van der Waals surface area contributed by atoms with E-state index in [1.165, 1.54) is 32.1 Å². The van der Waals surface area contributed by atoms with Gasteiger partial charge in [0.15, 0.2) is 0 Å². The highest BCUT2D eigenvalue weighted by molar-refractivity contribution is 7.84. The van der Waals surface area contributed by atoms with Gasteiger partial charge in [-0.25, -0.2) is 0 Å². The molecule has 0 saturated carbocycles. The molecule has 0 radical (unpaired) electrons. The molecule has 2 heterocycles. The zero-order valence-electron chi connectivity index (χ0n) is 11.9. The highest BCUT2D eigenvalue weighted by Gasteiger charge is 2.37. The Bertz CT molecular complexity index is 271. The average Bonchev–Trinajstić information content (AvgIpc) is 2.29. The second kappa shape index (κ2) is 7.01. The number of nitrogens with one attached hydrogen (secondary N) is 1. The van der Waals surface area contributed by atoms with Gasteiger partial charge >= 0.3 is 0 Å². The summed E-state index contributed by atoms with van der Waals surface area (Å²) in [6, 6.07) is 2.31. The Morgan fingerprint density at radius 2 is 1.94 bits per heavy atom. The smallest absolute Gasteiger partial charge is 0.0244 e. The summed E-state index contributed by atoms with van der Waals surface area (Å²) < 4.78 is 11.2. The molecule has 3 atom stereocenters. The topological polar surface area (TPSA) is 32.3 Å². The van der Waals surface area contributed by atoms with Crippen molar-refractivity contribution < 1.29 is 4.21 Å². The normalized spacial score (nSPS) is 34.4. The highest BCUT2D eigenvalue weighted by atomic mass is 32.2. The largest absolute Gasteiger partial charge is 0.314 e. The number of rotatable bonds is 6. The van der Waals surface area contributed by atoms with Crippen LogP contribution in [0.3, 0.4) is 0 Å². The van der Waals surface area contributed by atoms with Crippen LogP contribution in [0.5, 0.6) is 0 Å². The number of hydrogen-bond donors (Lipinski definition) is 1. The Hall–Kier alpha value is 0.0700. The van der Waals surface area contributed by atoms with Crippen molar-refractivity contribution >= 4 is 10.8 Å². The summed E-state index contributed by atoms with van der Waals surface area (Å²) in [5, 5.41) is 3.63. The third-order valence-corrected chi connectivity index (χ3v) is 5.33. The van der Waals surface area contributed by atoms with Gasteiger partial charge in [-0.05, 0) is 45.2 Å². The third-order valence-electron chi connectivity index (χ3n) is 4.47. The van der Waals surface area contributed by atoms with Gasteiger partial charge in [-0.15, -0.1) is 0 Å². The Morgan fingerprint density at radius 3 is 2.50 bits per heavy atom. The minimum atomic E-state index is -0.625. The van der Waals surface area contributed by atoms with Gasteiger partial charge in [0.1, 0.15) is 0 Å². The van der Waals surface area contributed by atoms with Gasteiger partial charge < -0.3 is 5.32 Å². The minimum Gasteiger partial charge on any atom is -0.314 e. The SMILES string of the molecule is CCNC1CC2CCCC(C1)N2CCCS(C)=O. The van der Waals surface area contributed by atoms with Crippen LogP contribution in [0.15, 0.2) is 0 Å². The number of nitrogens with zero attached hydrogens (tertiary/aromatic N) is 1. The van der Waals surface area contributed by atoms with Gasteiger partial charge in [-0.2, -0.15) is 0 Å². The molecule has 2 bridgehead atoms. The number of hydrogen-bond acceptors (Lipinski definition) is 3. The van der Waals surface area contributed by atoms with E-state index in [1.807, 2.05) is 6.26 Å². The lowest BCUT2D eigenvalue weighted by molar-refractivity contribution is 0.0253. The number of fused-ring (bicyclic) bond motifs is 2. The van der Waals surface area contributed by atoms with Crippen LogP contribution in [-0.4, -0.2) is 52.3 Å². The summed E-state index contributed by atoms with van der Waals surface area (Å²) in [6.07, 6.45) is 9.70. The van der Waals surface area contributed by atoms with Crippen molar-refractivity contribution in [2.24, 2.45) is 0 Å². The molecule has 0 aromatic rings. The van der Waals surface area contributed by atoms with Crippen LogP contribution in [-0.2, 0) is 10.8 Å². The van der Waals surface area contributed by atoms with Crippen LogP contribution in [0, 0.1) is 0 Å². The molecule has 2 aliphatic rings. The molecular weight excluding hydrogens is 244 g/mol. The van der Waals surface area contributed by atoms with E-state index in [0.717, 1.165) is 43.4 Å². The lowest BCUT2D eigenvalue weighted by Crippen LogP contribution is -2.56. The van der Waals surface area contributed by atoms with Crippen LogP contribution < -0.4 is 5.32 Å². The molecule has 0 aromatic carbocycles. The van der Waals surface area contributed by atoms with Gasteiger partial charge in [-0.3, -0.25) is 9.11 Å². The van der Waals surface area contributed by atoms with E-state index in [4.69, 9.17) is 0 Å². The summed E-state index contributed by atoms with van der Waals surface area (Å²) in [4.78, 5) is 2.73. The molecule has 0 spiro atoms. The molecular formula is C14H28N2OS. The van der Waals surface area contributed by atoms with Crippen LogP contribution in [0.25, 0.3) is 0 Å². The molecule has 2 aliphatic heterocycles. The van der Waals surface area contributed by atoms with E-state index in [0.29, 0.717) is 0 Å². The predicted octanol–water partition coefficient (Wildman–Crippen LogP) is 1.75. The predicted molar refractivity (Wildman–Crippen MR) is 78.4 cm³/mol. The Morgan fingerprint density at radius 1 is 1.28 bits per heavy atom. The van der Waals surface area contributed by atoms with E-state index in [1.54, 1.807) is 0 Å². The van der Waals surface area contributed by atoms with Gasteiger partial charge in [0, 0.05) is 40.9 Å². The fourth-order valence-electron chi connectivity index (χ4n) is 3.75. The lowest BCUT2D eigenvalue weighted by Gasteiger charge is -2.49. The van der Waals surface area contributed by atoms with Crippen molar-refractivity contribution in [2.75, 3.05) is 25.1 Å². The molecule has 106 valence electrons. The summed E-state index contributed by atoms with van der Waals surface area (Å²) in [5.41, 5.74) is 0. The van der Waals surface area contributed by atoms with Crippen LogP contribution in [0.1, 0.15) is 45.4 Å². The highest BCUT2D eigenvalue weighted by Crippen LogP contribution is 2.34. The maximum atomic E-state index is 11.2. The molecule has 2 fully saturated rings. The van der Waals surface area contributed by atoms with Crippen molar-refractivity contribution in [3.05, 3.63) is 0 Å². The fourth-order valence-corrected chi connectivity index (χ4v) is 4.28. The van der Waals surface area contributed by atoms with E-state index in [9.17, 15) is 4.21 Å². The van der Waals surface area contributed by atoms with Crippen molar-refractivity contribution in [3.63, 3.8) is 0 Å². The van der Waals surface area contributed by atoms with Crippen molar-refractivity contribution in [1.82, 2.24) is 10.2 Å². The van der Waals surface area contributed by atoms with Gasteiger partial charge in [0.2, 0.25) is 0 Å². The molecule has 2 saturated heterocycles. The Kier molecular flexibility index (Phi) is 5.64. The average molecular weight is 272 g/mol. The molecule has 4 heteroatoms. The third kappa shape index (κ3) is 3.78. The van der Waals surface area contributed by atoms with Crippen molar-refractivity contribution in [2.45, 2.75) is 63.6 Å². The zero-order chi connectivity index (χ0) is 13.0. The maximum Gasteiger partial charge on any atom is 0.0244 e. The summed E-state index contributed by atoms with van der Waals surface area (Å²) >= 11 is 0. The zero-order valence-corrected chi connectivity index (χ0v) is 12.7. The van der Waals surface area contributed by atoms with Crippen LogP contribution in [0.2, 0.25) is 0 Å². The second-order valence-corrected chi connectivity index (χ2v) is 7.39. The van der Waals surface area contributed by atoms with Crippen molar-refractivity contribution in [3.8, 4) is 0 Å². The number of piperidine rings is 2. The van der Waals surface area contributed by atoms with E-state index >= 15 is 0 Å². The molecule has 0 aromatic heterocycles. The minimum absolute atomic E-state index is 0.625. The molecule has 0 amide bonds. The van der Waals surface area contributed by atoms with Crippen molar-refractivity contribution in [1.29, 1.82) is 0 Å². The molecule has 18 heavy (non-hydrogen) atoms. The molecule has 0 aliphatic carbocycles. The Balaban J connectivity index is 1.85. The maximum absolute atomic E-state index is 11.2. The van der Waals surface area contributed by atoms with Gasteiger partial charge in [0.25, 0.3) is 0 Å². The monoisotopic (exact) mass is 272 g/mol. The van der Waals surface area contributed by atoms with Crippen LogP contribution >= 0.6 is 0 Å². The molecule has 1 N–H and O–H groups in total. The standard InChI is InChI=1S/C14H28N2OS/c1-3-15-12-10-13-6-4-7-14(11-12)16(13)8-5-9-18(2)17/h12-15H,3-11H2,1-2H3. The first-order valence-electron chi connectivity index (χ1n) is 7.50. The van der Waals surface area contributed by atoms with Gasteiger partial charge in [-0.1, -0.05) is 13.3 Å². The molecule has 3 unspecified atom stereocenters. The summed E-state index contributed by atoms with van der Waals surface area (Å²) in [7, 11) is -0.625. The second-order valence-electron chi connectivity index (χ2n) is 5.83.